The molecule has 2 aromatic heterocycles. The Labute approximate surface area is 321 Å². The number of hydrogen-bond donors (Lipinski definition) is 5. The van der Waals surface area contributed by atoms with Gasteiger partial charge >= 0.3 is 6.18 Å². The maximum absolute atomic E-state index is 14.6. The van der Waals surface area contributed by atoms with Crippen molar-refractivity contribution < 1.29 is 37.0 Å². The fraction of sp³-hybridized carbons (Fsp3) is 0.436. The van der Waals surface area contributed by atoms with E-state index in [9.17, 15) is 22.8 Å². The Balaban J connectivity index is 1.18. The number of benzene rings is 1. The lowest BCUT2D eigenvalue weighted by Gasteiger charge is -2.41. The molecule has 0 saturated carbocycles. The van der Waals surface area contributed by atoms with Gasteiger partial charge in [-0.1, -0.05) is 29.8 Å². The van der Waals surface area contributed by atoms with Crippen LogP contribution in [0.15, 0.2) is 71.4 Å². The quantitative estimate of drug-likeness (QED) is 0.157. The number of amides is 2. The molecule has 2 amide bonds. The monoisotopic (exact) mass is 781 g/mol. The van der Waals surface area contributed by atoms with Crippen molar-refractivity contribution in [2.24, 2.45) is 0 Å². The van der Waals surface area contributed by atoms with Gasteiger partial charge in [-0.05, 0) is 72.2 Å². The summed E-state index contributed by atoms with van der Waals surface area (Å²) in [5.41, 5.74) is 2.01. The first-order chi connectivity index (χ1) is 26.5. The standard InChI is InChI=1S/C39H43ClF3N7O5/c1-53-35-22(18-45-20-25-6-10-33(51)47-25)16-30(39(41,42)43)37(49-35)55-31-9-8-27-28(31)4-3-5-29(27)38(24-12-14-44-15-13-24)32(40)17-23(36(50-38)54-2)19-46-21-26-7-11-34(52)48-26/h3-5,12-17,25-26,31,45-46,50H,6-11,18-21H2,1-2H3,(H,47,51)(H,48,52)/t25-,26-,31+,38?/m1/s1. The molecule has 16 heteroatoms. The second-order valence-electron chi connectivity index (χ2n) is 14.1. The maximum atomic E-state index is 14.6. The molecular weight excluding hydrogens is 739 g/mol. The zero-order valence-corrected chi connectivity index (χ0v) is 31.2. The Bertz CT molecular complexity index is 2000. The zero-order valence-electron chi connectivity index (χ0n) is 30.4. The van der Waals surface area contributed by atoms with Crippen LogP contribution in [-0.2, 0) is 39.0 Å². The largest absolute Gasteiger partial charge is 0.482 e. The molecule has 0 spiro atoms. The summed E-state index contributed by atoms with van der Waals surface area (Å²) in [6, 6.07) is 10.3. The number of nitrogens with one attached hydrogen (secondary N) is 5. The number of aromatic nitrogens is 2. The van der Waals surface area contributed by atoms with Crippen LogP contribution >= 0.6 is 11.6 Å². The molecule has 2 fully saturated rings. The molecule has 5 N–H and O–H groups in total. The number of pyridine rings is 2. The van der Waals surface area contributed by atoms with Crippen molar-refractivity contribution in [3.63, 3.8) is 0 Å². The summed E-state index contributed by atoms with van der Waals surface area (Å²) in [5.74, 6) is -0.0769. The van der Waals surface area contributed by atoms with Crippen molar-refractivity contribution in [3.8, 4) is 11.8 Å². The van der Waals surface area contributed by atoms with E-state index in [1.165, 1.54) is 7.11 Å². The molecule has 55 heavy (non-hydrogen) atoms. The first-order valence-electron chi connectivity index (χ1n) is 18.3. The second-order valence-corrected chi connectivity index (χ2v) is 14.5. The van der Waals surface area contributed by atoms with Gasteiger partial charge in [-0.15, -0.1) is 0 Å². The Morgan fingerprint density at radius 2 is 1.60 bits per heavy atom. The van der Waals surface area contributed by atoms with Crippen molar-refractivity contribution >= 4 is 23.4 Å². The van der Waals surface area contributed by atoms with Gasteiger partial charge in [0, 0.05) is 74.6 Å². The van der Waals surface area contributed by atoms with E-state index in [-0.39, 0.29) is 41.9 Å². The van der Waals surface area contributed by atoms with Crippen LogP contribution in [0.1, 0.15) is 71.6 Å². The molecule has 0 bridgehead atoms. The van der Waals surface area contributed by atoms with Crippen LogP contribution in [0, 0.1) is 0 Å². The van der Waals surface area contributed by atoms with E-state index < -0.39 is 29.3 Å². The predicted octanol–water partition coefficient (Wildman–Crippen LogP) is 4.63. The molecule has 4 atom stereocenters. The number of methoxy groups -OCH3 is 2. The number of nitrogens with zero attached hydrogens (tertiary/aromatic N) is 2. The predicted molar refractivity (Wildman–Crippen MR) is 197 cm³/mol. The van der Waals surface area contributed by atoms with E-state index >= 15 is 0 Å². The molecule has 3 aliphatic heterocycles. The molecule has 292 valence electrons. The normalized spacial score (nSPS) is 23.5. The lowest BCUT2D eigenvalue weighted by Crippen LogP contribution is -2.47. The van der Waals surface area contributed by atoms with E-state index in [0.29, 0.717) is 68.2 Å². The Kier molecular flexibility index (Phi) is 11.2. The van der Waals surface area contributed by atoms with Crippen molar-refractivity contribution in [1.29, 1.82) is 0 Å². The van der Waals surface area contributed by atoms with Crippen LogP contribution in [-0.4, -0.2) is 67.7 Å². The number of fused-ring (bicyclic) bond motifs is 1. The molecule has 4 aliphatic rings. The minimum atomic E-state index is -4.76. The molecule has 0 radical (unpaired) electrons. The highest BCUT2D eigenvalue weighted by Crippen LogP contribution is 2.49. The van der Waals surface area contributed by atoms with Gasteiger partial charge in [0.25, 0.3) is 0 Å². The summed E-state index contributed by atoms with van der Waals surface area (Å²) in [6.07, 6.45) is 2.92. The fourth-order valence-corrected chi connectivity index (χ4v) is 8.27. The summed E-state index contributed by atoms with van der Waals surface area (Å²) in [7, 11) is 2.92. The van der Waals surface area contributed by atoms with Gasteiger partial charge in [-0.2, -0.15) is 18.2 Å². The Hall–Kier alpha value is -4.86. The first kappa shape index (κ1) is 38.4. The van der Waals surface area contributed by atoms with Gasteiger partial charge in [0.2, 0.25) is 23.6 Å². The third-order valence-corrected chi connectivity index (χ3v) is 10.9. The van der Waals surface area contributed by atoms with Crippen molar-refractivity contribution in [2.45, 2.75) is 75.0 Å². The van der Waals surface area contributed by atoms with Gasteiger partial charge in [-0.3, -0.25) is 14.6 Å². The van der Waals surface area contributed by atoms with Crippen LogP contribution in [0.25, 0.3) is 0 Å². The van der Waals surface area contributed by atoms with Gasteiger partial charge in [0.15, 0.2) is 5.88 Å². The third kappa shape index (κ3) is 7.96. The van der Waals surface area contributed by atoms with E-state index in [0.717, 1.165) is 34.8 Å². The number of hydrogen-bond acceptors (Lipinski definition) is 10. The highest BCUT2D eigenvalue weighted by atomic mass is 35.5. The molecule has 3 aromatic rings. The second kappa shape index (κ2) is 16.1. The lowest BCUT2D eigenvalue weighted by atomic mass is 9.77. The first-order valence-corrected chi connectivity index (χ1v) is 18.7. The van der Waals surface area contributed by atoms with Crippen LogP contribution in [0.3, 0.4) is 0 Å². The van der Waals surface area contributed by atoms with E-state index in [2.05, 4.69) is 36.6 Å². The third-order valence-electron chi connectivity index (χ3n) is 10.6. The number of rotatable bonds is 14. The van der Waals surface area contributed by atoms with Crippen LogP contribution in [0.2, 0.25) is 0 Å². The smallest absolute Gasteiger partial charge is 0.421 e. The maximum Gasteiger partial charge on any atom is 0.421 e. The summed E-state index contributed by atoms with van der Waals surface area (Å²) in [5, 5.41) is 16.4. The summed E-state index contributed by atoms with van der Waals surface area (Å²) < 4.78 is 61.4. The molecular formula is C39H43ClF3N7O5. The van der Waals surface area contributed by atoms with Crippen molar-refractivity contribution in [1.82, 2.24) is 36.6 Å². The number of ether oxygens (including phenoxy) is 3. The number of carbonyl (C=O) groups excluding carboxylic acids is 2. The molecule has 12 nitrogen and oxygen atoms in total. The number of alkyl halides is 3. The summed E-state index contributed by atoms with van der Waals surface area (Å²) in [4.78, 5) is 31.7. The number of halogens is 4. The topological polar surface area (TPSA) is 148 Å². The van der Waals surface area contributed by atoms with Crippen LogP contribution < -0.4 is 36.1 Å². The Morgan fingerprint density at radius 3 is 2.22 bits per heavy atom. The lowest BCUT2D eigenvalue weighted by molar-refractivity contribution is -0.139. The SMILES string of the molecule is COC1=C(CNC[C@H]2CCC(=O)N2)C=C(Cl)C(c2ccncc2)(c2cccc3c2CC[C@@H]3Oc2nc(OC)c(CNC[C@H]3CCC(=O)N3)cc2C(F)(F)F)N1. The molecule has 7 rings (SSSR count). The van der Waals surface area contributed by atoms with Gasteiger partial charge in [0.1, 0.15) is 17.2 Å². The Morgan fingerprint density at radius 1 is 0.909 bits per heavy atom. The average molecular weight is 782 g/mol. The highest BCUT2D eigenvalue weighted by Gasteiger charge is 2.45. The summed E-state index contributed by atoms with van der Waals surface area (Å²) in [6.45, 7) is 1.44. The number of carbonyl (C=O) groups is 2. The molecule has 5 heterocycles. The fourth-order valence-electron chi connectivity index (χ4n) is 7.88. The summed E-state index contributed by atoms with van der Waals surface area (Å²) >= 11 is 7.32. The average Bonchev–Trinajstić information content (AvgIpc) is 3.91. The van der Waals surface area contributed by atoms with Gasteiger partial charge in [-0.25, -0.2) is 0 Å². The van der Waals surface area contributed by atoms with Crippen LogP contribution in [0.4, 0.5) is 13.2 Å². The molecule has 1 unspecified atom stereocenters. The van der Waals surface area contributed by atoms with Gasteiger partial charge in [0.05, 0.1) is 19.3 Å². The minimum Gasteiger partial charge on any atom is -0.482 e. The van der Waals surface area contributed by atoms with Crippen LogP contribution in [0.5, 0.6) is 11.8 Å². The van der Waals surface area contributed by atoms with Crippen molar-refractivity contribution in [2.75, 3.05) is 33.9 Å². The van der Waals surface area contributed by atoms with E-state index in [4.69, 9.17) is 25.8 Å². The highest BCUT2D eigenvalue weighted by molar-refractivity contribution is 6.31. The van der Waals surface area contributed by atoms with E-state index in [1.54, 1.807) is 19.5 Å². The molecule has 2 saturated heterocycles. The van der Waals surface area contributed by atoms with E-state index in [1.807, 2.05) is 36.4 Å². The zero-order chi connectivity index (χ0) is 38.7. The minimum absolute atomic E-state index is 0.00932. The van der Waals surface area contributed by atoms with Crippen molar-refractivity contribution in [3.05, 3.63) is 105 Å². The number of dihydropyridines is 1. The molecule has 1 aromatic carbocycles. The molecule has 1 aliphatic carbocycles. The van der Waals surface area contributed by atoms with Gasteiger partial charge < -0.3 is 40.8 Å².